The van der Waals surface area contributed by atoms with Crippen molar-refractivity contribution in [2.24, 2.45) is 11.7 Å². The summed E-state index contributed by atoms with van der Waals surface area (Å²) in [4.78, 5) is 14.3. The molecule has 3 unspecified atom stereocenters. The lowest BCUT2D eigenvalue weighted by Crippen LogP contribution is -2.71. The molecule has 31 heavy (non-hydrogen) atoms. The van der Waals surface area contributed by atoms with Gasteiger partial charge in [-0.3, -0.25) is 31.0 Å². The molecular weight excluding hydrogens is 418 g/mol. The number of carbonyl (C=O) groups is 1. The summed E-state index contributed by atoms with van der Waals surface area (Å²) in [6.07, 6.45) is 6.65. The van der Waals surface area contributed by atoms with Gasteiger partial charge in [0.15, 0.2) is 0 Å². The van der Waals surface area contributed by atoms with Crippen LogP contribution in [0.4, 0.5) is 0 Å². The van der Waals surface area contributed by atoms with Crippen LogP contribution in [-0.2, 0) is 14.8 Å². The molecular formula is C20H39N7O3S. The molecule has 2 heterocycles. The molecule has 4 aliphatic rings. The highest BCUT2D eigenvalue weighted by Crippen LogP contribution is 2.25. The largest absolute Gasteiger partial charge is 0.369 e. The molecule has 0 spiro atoms. The summed E-state index contributed by atoms with van der Waals surface area (Å²) in [6, 6.07) is 1.47. The summed E-state index contributed by atoms with van der Waals surface area (Å²) >= 11 is 0. The van der Waals surface area contributed by atoms with Gasteiger partial charge in [0, 0.05) is 50.8 Å². The molecule has 6 N–H and O–H groups in total. The van der Waals surface area contributed by atoms with E-state index in [9.17, 15) is 13.2 Å². The van der Waals surface area contributed by atoms with Crippen molar-refractivity contribution < 1.29 is 13.2 Å². The standard InChI is InChI=1S/C20H39N7O3S/c1-2-31(29,30)27-11-9-26(10-12-27)16-7-5-15(6-8-16)24-20-22-13-17(18(21)28)19(25-20)23-14-3-4-14/h14-17,19-20,22-25H,2-13H2,1H3,(H2,21,28). The van der Waals surface area contributed by atoms with E-state index in [1.54, 1.807) is 11.2 Å². The molecule has 0 bridgehead atoms. The minimum Gasteiger partial charge on any atom is -0.369 e. The van der Waals surface area contributed by atoms with Gasteiger partial charge in [0.25, 0.3) is 0 Å². The molecule has 4 rings (SSSR count). The van der Waals surface area contributed by atoms with E-state index in [1.165, 1.54) is 0 Å². The molecule has 11 heteroatoms. The lowest BCUT2D eigenvalue weighted by molar-refractivity contribution is -0.124. The van der Waals surface area contributed by atoms with Crippen molar-refractivity contribution in [2.75, 3.05) is 38.5 Å². The van der Waals surface area contributed by atoms with Crippen molar-refractivity contribution in [1.29, 1.82) is 0 Å². The molecule has 4 fully saturated rings. The SMILES string of the molecule is CCS(=O)(=O)N1CCN(C2CCC(NC3NCC(C(N)=O)C(NC4CC4)N3)CC2)CC1. The van der Waals surface area contributed by atoms with Crippen LogP contribution in [0, 0.1) is 5.92 Å². The fourth-order valence-corrected chi connectivity index (χ4v) is 6.21. The average molecular weight is 458 g/mol. The molecule has 0 radical (unpaired) electrons. The first-order valence-electron chi connectivity index (χ1n) is 11.9. The van der Waals surface area contributed by atoms with Gasteiger partial charge in [0.05, 0.1) is 17.8 Å². The van der Waals surface area contributed by atoms with Crippen LogP contribution in [0.2, 0.25) is 0 Å². The number of nitrogens with two attached hydrogens (primary N) is 1. The zero-order chi connectivity index (χ0) is 22.0. The highest BCUT2D eigenvalue weighted by atomic mass is 32.2. The van der Waals surface area contributed by atoms with Crippen LogP contribution >= 0.6 is 0 Å². The van der Waals surface area contributed by atoms with Gasteiger partial charge in [-0.05, 0) is 45.4 Å². The molecule has 2 saturated carbocycles. The second kappa shape index (κ2) is 9.98. The van der Waals surface area contributed by atoms with Gasteiger partial charge >= 0.3 is 0 Å². The van der Waals surface area contributed by atoms with E-state index in [4.69, 9.17) is 5.73 Å². The minimum absolute atomic E-state index is 0.0313. The number of hydrogen-bond acceptors (Lipinski definition) is 8. The number of nitrogens with zero attached hydrogens (tertiary/aromatic N) is 2. The van der Waals surface area contributed by atoms with Crippen LogP contribution in [-0.4, -0.2) is 92.6 Å². The van der Waals surface area contributed by atoms with Crippen molar-refractivity contribution >= 4 is 15.9 Å². The molecule has 2 saturated heterocycles. The second-order valence-electron chi connectivity index (χ2n) is 9.44. The van der Waals surface area contributed by atoms with Crippen LogP contribution in [0.3, 0.4) is 0 Å². The average Bonchev–Trinajstić information content (AvgIpc) is 3.58. The fraction of sp³-hybridized carbons (Fsp3) is 0.950. The van der Waals surface area contributed by atoms with Crippen LogP contribution in [0.25, 0.3) is 0 Å². The van der Waals surface area contributed by atoms with Gasteiger partial charge in [0.1, 0.15) is 6.29 Å². The Morgan fingerprint density at radius 1 is 1.00 bits per heavy atom. The lowest BCUT2D eigenvalue weighted by Gasteiger charge is -2.43. The molecule has 2 aliphatic carbocycles. The number of piperazine rings is 1. The first-order valence-corrected chi connectivity index (χ1v) is 13.5. The summed E-state index contributed by atoms with van der Waals surface area (Å²) in [7, 11) is -3.07. The molecule has 1 amide bonds. The van der Waals surface area contributed by atoms with Crippen molar-refractivity contribution in [3.05, 3.63) is 0 Å². The van der Waals surface area contributed by atoms with Crippen molar-refractivity contribution in [3.8, 4) is 0 Å². The lowest BCUT2D eigenvalue weighted by atomic mass is 9.89. The quantitative estimate of drug-likeness (QED) is 0.298. The van der Waals surface area contributed by atoms with Crippen molar-refractivity contribution in [3.63, 3.8) is 0 Å². The number of carbonyl (C=O) groups excluding carboxylic acids is 1. The predicted octanol–water partition coefficient (Wildman–Crippen LogP) is -1.49. The maximum absolute atomic E-state index is 12.1. The summed E-state index contributed by atoms with van der Waals surface area (Å²) < 4.78 is 25.8. The molecule has 3 atom stereocenters. The Labute approximate surface area is 186 Å². The molecule has 10 nitrogen and oxygen atoms in total. The van der Waals surface area contributed by atoms with E-state index in [1.807, 2.05) is 0 Å². The first kappa shape index (κ1) is 23.3. The Morgan fingerprint density at radius 2 is 1.61 bits per heavy atom. The Hall–Kier alpha value is -0.820. The monoisotopic (exact) mass is 457 g/mol. The number of rotatable bonds is 8. The number of nitrogens with one attached hydrogen (secondary N) is 4. The molecule has 0 aromatic heterocycles. The van der Waals surface area contributed by atoms with E-state index in [-0.39, 0.29) is 30.0 Å². The molecule has 0 aromatic carbocycles. The maximum atomic E-state index is 12.1. The Bertz CT molecular complexity index is 716. The van der Waals surface area contributed by atoms with E-state index in [0.717, 1.165) is 51.6 Å². The Kier molecular flexibility index (Phi) is 7.52. The third-order valence-electron chi connectivity index (χ3n) is 7.30. The molecule has 0 aromatic rings. The Morgan fingerprint density at radius 3 is 2.19 bits per heavy atom. The Balaban J connectivity index is 1.20. The van der Waals surface area contributed by atoms with Gasteiger partial charge in [-0.25, -0.2) is 8.42 Å². The highest BCUT2D eigenvalue weighted by Gasteiger charge is 2.38. The summed E-state index contributed by atoms with van der Waals surface area (Å²) in [5.74, 6) is -0.335. The summed E-state index contributed by atoms with van der Waals surface area (Å²) in [5.41, 5.74) is 5.59. The third-order valence-corrected chi connectivity index (χ3v) is 9.18. The van der Waals surface area contributed by atoms with Crippen LogP contribution in [0.5, 0.6) is 0 Å². The van der Waals surface area contributed by atoms with E-state index >= 15 is 0 Å². The van der Waals surface area contributed by atoms with Crippen molar-refractivity contribution in [2.45, 2.75) is 76.0 Å². The van der Waals surface area contributed by atoms with E-state index in [0.29, 0.717) is 37.8 Å². The zero-order valence-electron chi connectivity index (χ0n) is 18.6. The van der Waals surface area contributed by atoms with E-state index < -0.39 is 10.0 Å². The van der Waals surface area contributed by atoms with Crippen LogP contribution < -0.4 is 27.0 Å². The van der Waals surface area contributed by atoms with Crippen LogP contribution in [0.1, 0.15) is 45.4 Å². The maximum Gasteiger partial charge on any atom is 0.224 e. The summed E-state index contributed by atoms with van der Waals surface area (Å²) in [5, 5.41) is 14.1. The number of sulfonamides is 1. The number of amides is 1. The number of hydrogen-bond donors (Lipinski definition) is 5. The highest BCUT2D eigenvalue weighted by molar-refractivity contribution is 7.89. The predicted molar refractivity (Wildman–Crippen MR) is 119 cm³/mol. The van der Waals surface area contributed by atoms with Gasteiger partial charge in [-0.1, -0.05) is 0 Å². The van der Waals surface area contributed by atoms with Crippen molar-refractivity contribution in [1.82, 2.24) is 30.5 Å². The molecule has 178 valence electrons. The van der Waals surface area contributed by atoms with Gasteiger partial charge in [-0.2, -0.15) is 4.31 Å². The smallest absolute Gasteiger partial charge is 0.224 e. The van der Waals surface area contributed by atoms with Crippen LogP contribution in [0.15, 0.2) is 0 Å². The third kappa shape index (κ3) is 5.95. The van der Waals surface area contributed by atoms with E-state index in [2.05, 4.69) is 26.2 Å². The van der Waals surface area contributed by atoms with Gasteiger partial charge < -0.3 is 5.73 Å². The normalized spacial score (nSPS) is 36.4. The fourth-order valence-electron chi connectivity index (χ4n) is 5.13. The second-order valence-corrected chi connectivity index (χ2v) is 11.7. The molecule has 2 aliphatic heterocycles. The minimum atomic E-state index is -3.07. The summed E-state index contributed by atoms with van der Waals surface area (Å²) in [6.45, 7) is 5.17. The topological polar surface area (TPSA) is 132 Å². The number of primary amides is 1. The van der Waals surface area contributed by atoms with Gasteiger partial charge in [-0.15, -0.1) is 0 Å². The van der Waals surface area contributed by atoms with Gasteiger partial charge in [0.2, 0.25) is 15.9 Å². The first-order chi connectivity index (χ1) is 14.9. The zero-order valence-corrected chi connectivity index (χ0v) is 19.4.